The number of aliphatic hydroxyl groups is 6. The van der Waals surface area contributed by atoms with E-state index in [1.165, 1.54) is 21.1 Å². The summed E-state index contributed by atoms with van der Waals surface area (Å²) < 4.78 is 117. The number of hydrogen-bond acceptors (Lipinski definition) is 28. The van der Waals surface area contributed by atoms with Crippen molar-refractivity contribution in [2.75, 3.05) is 60.6 Å². The van der Waals surface area contributed by atoms with Gasteiger partial charge in [0.05, 0.1) is 73.4 Å². The maximum atomic E-state index is 14.2. The fraction of sp³-hybridized carbons (Fsp3) is 0.862. The summed E-state index contributed by atoms with van der Waals surface area (Å²) in [5.74, 6) is -5.06. The quantitative estimate of drug-likeness (QED) is 0.0302. The molecule has 2 unspecified atom stereocenters. The van der Waals surface area contributed by atoms with Crippen LogP contribution in [0.25, 0.3) is 0 Å². The molecule has 3 radical (unpaired) electrons. The van der Waals surface area contributed by atoms with Gasteiger partial charge in [-0.2, -0.15) is 16.8 Å². The number of allylic oxidation sites excluding steroid dienone is 4. The van der Waals surface area contributed by atoms with E-state index >= 15 is 0 Å². The minimum atomic E-state index is -3.40. The van der Waals surface area contributed by atoms with Crippen LogP contribution < -0.4 is 0 Å². The Morgan fingerprint density at radius 3 is 1.84 bits per heavy atom. The van der Waals surface area contributed by atoms with Gasteiger partial charge in [-0.05, 0) is 137 Å². The Morgan fingerprint density at radius 2 is 1.35 bits per heavy atom. The van der Waals surface area contributed by atoms with Crippen LogP contribution in [0.2, 0.25) is 0 Å². The predicted octanol–water partition coefficient (Wildman–Crippen LogP) is 3.31. The van der Waals surface area contributed by atoms with Crippen molar-refractivity contribution < 1.29 is 136 Å². The summed E-state index contributed by atoms with van der Waals surface area (Å²) >= 11 is 0. The largest absolute Gasteiger partial charge is 0.459 e. The molecule has 100 heavy (non-hydrogen) atoms. The van der Waals surface area contributed by atoms with Crippen LogP contribution in [0, 0.1) is 52.3 Å². The summed E-state index contributed by atoms with van der Waals surface area (Å²) in [5.41, 5.74) is -6.11. The molecule has 3 heterocycles. The Labute approximate surface area is 602 Å². The van der Waals surface area contributed by atoms with E-state index in [1.54, 1.807) is 60.6 Å². The number of methoxy groups -OCH3 is 2. The Balaban J connectivity index is 0.000000442. The van der Waals surface area contributed by atoms with Crippen LogP contribution >= 0.6 is 16.5 Å². The molecule has 0 spiro atoms. The first-order valence-corrected chi connectivity index (χ1v) is 39.7. The van der Waals surface area contributed by atoms with Crippen LogP contribution in [0.5, 0.6) is 0 Å². The first-order valence-electron chi connectivity index (χ1n) is 33.5. The molecule has 35 heteroatoms. The molecule has 3 saturated carbocycles. The molecular weight excluding hydrogens is 1460 g/mol. The van der Waals surface area contributed by atoms with Crippen LogP contribution in [0.15, 0.2) is 23.8 Å². The maximum Gasteiger partial charge on any atom is 0.323 e. The molecule has 7 aliphatic rings. The van der Waals surface area contributed by atoms with Gasteiger partial charge in [0, 0.05) is 85.6 Å². The van der Waals surface area contributed by atoms with E-state index in [4.69, 9.17) is 42.9 Å². The van der Waals surface area contributed by atoms with Crippen molar-refractivity contribution in [3.63, 3.8) is 0 Å². The molecule has 579 valence electrons. The number of fused-ring (bicyclic) bond motifs is 5. The van der Waals surface area contributed by atoms with Crippen LogP contribution in [0.4, 0.5) is 0 Å². The van der Waals surface area contributed by atoms with Gasteiger partial charge in [-0.3, -0.25) is 41.5 Å². The first kappa shape index (κ1) is 92.0. The van der Waals surface area contributed by atoms with Crippen LogP contribution in [-0.2, 0) is 99.2 Å². The molecular formula is C65H113AsNO29P2S2. The molecule has 7 rings (SSSR count). The molecule has 0 aromatic heterocycles. The smallest absolute Gasteiger partial charge is 0.323 e. The number of Topliss-reactive ketones (excluding diaryl/α,β-unsaturated/α-hetero) is 3. The van der Waals surface area contributed by atoms with Crippen molar-refractivity contribution in [1.29, 1.82) is 0 Å². The number of ketones is 4. The van der Waals surface area contributed by atoms with Gasteiger partial charge >= 0.3 is 22.5 Å². The summed E-state index contributed by atoms with van der Waals surface area (Å²) in [7, 11) is -6.44. The third-order valence-corrected chi connectivity index (χ3v) is 24.2. The monoisotopic (exact) mass is 1570 g/mol. The zero-order chi connectivity index (χ0) is 75.7. The Hall–Kier alpha value is -2.17. The molecule has 3 aliphatic heterocycles. The van der Waals surface area contributed by atoms with Gasteiger partial charge < -0.3 is 78.5 Å². The molecule has 26 atom stereocenters. The van der Waals surface area contributed by atoms with E-state index in [-0.39, 0.29) is 104 Å². The normalized spacial score (nSPS) is 40.9. The van der Waals surface area contributed by atoms with Crippen LogP contribution in [-0.4, -0.2) is 260 Å². The third-order valence-electron chi connectivity index (χ3n) is 21.6. The third kappa shape index (κ3) is 22.5. The molecule has 3 saturated heterocycles. The van der Waals surface area contributed by atoms with Gasteiger partial charge in [0.25, 0.3) is 20.2 Å². The number of hydrogen-bond donors (Lipinski definition) is 8. The van der Waals surface area contributed by atoms with Gasteiger partial charge in [-0.25, -0.2) is 4.31 Å². The topological polar surface area (TPSA) is 445 Å². The van der Waals surface area contributed by atoms with E-state index < -0.39 is 167 Å². The fourth-order valence-corrected chi connectivity index (χ4v) is 17.3. The van der Waals surface area contributed by atoms with Crippen LogP contribution in [0.3, 0.4) is 0 Å². The zero-order valence-electron chi connectivity index (χ0n) is 60.9. The average Bonchev–Trinajstić information content (AvgIpc) is 1.45. The summed E-state index contributed by atoms with van der Waals surface area (Å²) in [5, 5.41) is 66.0. The molecule has 8 N–H and O–H groups in total. The van der Waals surface area contributed by atoms with Crippen LogP contribution in [0.1, 0.15) is 154 Å². The van der Waals surface area contributed by atoms with Crippen molar-refractivity contribution in [2.24, 2.45) is 52.3 Å². The summed E-state index contributed by atoms with van der Waals surface area (Å²) in [6, 6.07) is -0.283. The van der Waals surface area contributed by atoms with Crippen molar-refractivity contribution >= 4 is 83.8 Å². The van der Waals surface area contributed by atoms with Gasteiger partial charge in [-0.15, -0.1) is 0 Å². The van der Waals surface area contributed by atoms with Crippen molar-refractivity contribution in [3.8, 4) is 0 Å². The van der Waals surface area contributed by atoms with E-state index in [0.717, 1.165) is 30.9 Å². The van der Waals surface area contributed by atoms with E-state index in [9.17, 15) is 80.6 Å². The second-order valence-electron chi connectivity index (χ2n) is 29.0. The Bertz CT molecular complexity index is 3080. The number of ether oxygens (including phenoxy) is 7. The summed E-state index contributed by atoms with van der Waals surface area (Å²) in [6.45, 7) is 20.3. The van der Waals surface area contributed by atoms with Gasteiger partial charge in [0.1, 0.15) is 47.7 Å². The average molecular weight is 1570 g/mol. The standard InChI is InChI=1S/C38H69NO13.C21H26O5.C6H14O6S2.As.H4O5P2/c1-15-26-38(10,45)31(42)21(4)28(40)19(2)17-37(9,47-14)33(52-35-29(41)25(39(11)12)16-20(3)48-35)22(5)30(23(6)34(44)50-26)51-27-18-36(8,46-13)32(43)24(7)49-27;1-19-7-5-13(23)9-12(19)3-4-14-15-6-8-21(26,17(25)11-22)20(15,2)10-16(24)18(14)19;1-13(7,8)11-5-3-4-6-12-14(2,9)10;;1-6(2)5-7(3)4/h19-27,29-33,35,41-43,45H,15-18H2,1-14H3;5,7,9,14-15,18,22,26H,3-4,6,8,10-11H2,1-2H3;3-6H2,1-2H3;;6-7H,(H,1,2)(H,3,4)/t19-,20-,21-,22+,23-,24+,25+,26+,27+,29-,30+,31-,32+,33-,35+,36-,37-,38-;14-,15-,18+,19-,20-,21-;;;/m10.../s1. The molecule has 6 fully saturated rings. The summed E-state index contributed by atoms with van der Waals surface area (Å²) in [4.78, 5) is 82.9. The van der Waals surface area contributed by atoms with Gasteiger partial charge in [-0.1, -0.05) is 53.2 Å². The first-order chi connectivity index (χ1) is 45.5. The summed E-state index contributed by atoms with van der Waals surface area (Å²) in [6.07, 6.45) is 1.88. The van der Waals surface area contributed by atoms with E-state index in [2.05, 4.69) is 12.7 Å². The van der Waals surface area contributed by atoms with Gasteiger partial charge in [0.2, 0.25) is 0 Å². The second kappa shape index (κ2) is 37.6. The number of carbonyl (C=O) groups excluding carboxylic acids is 5. The fourth-order valence-electron chi connectivity index (χ4n) is 15.9. The zero-order valence-corrected chi connectivity index (χ0v) is 66.4. The molecule has 4 aliphatic carbocycles. The van der Waals surface area contributed by atoms with E-state index in [1.807, 2.05) is 52.8 Å². The number of carbonyl (C=O) groups is 5. The van der Waals surface area contributed by atoms with Crippen molar-refractivity contribution in [1.82, 2.24) is 4.90 Å². The van der Waals surface area contributed by atoms with Crippen molar-refractivity contribution in [2.45, 2.75) is 244 Å². The molecule has 0 aromatic carbocycles. The number of cyclic esters (lactones) is 1. The number of rotatable bonds is 19. The predicted molar refractivity (Wildman–Crippen MR) is 365 cm³/mol. The van der Waals surface area contributed by atoms with Gasteiger partial charge in [0.15, 0.2) is 24.1 Å². The van der Waals surface area contributed by atoms with Crippen molar-refractivity contribution in [3.05, 3.63) is 23.8 Å². The Morgan fingerprint density at radius 1 is 0.790 bits per heavy atom. The maximum absolute atomic E-state index is 14.2. The number of esters is 1. The minimum absolute atomic E-state index is 0. The second-order valence-corrected chi connectivity index (χ2v) is 34.2. The SMILES string of the molecule is CC[C@@H]1OC(=O)[C@H](C)[C@@H](O[C@H]2C[C@@](C)(OC)[C@@H](O)[C@H](C)O2)[C@H](C)[C@@H](O[C@@H]2O[C@H](C)C[C@H](N(C)C)[C@H]2O)[C@](C)(OC)C[C@@H](C)C(=O)[C@@H](C)[C@@H](O)[C@]1(C)O.CS(=O)(=O)OCCCCOS(C)(=O)=O.C[C@]12C=CC(=O)C=C1CC[C@@H]1[C@@H]2C(=O)C[C@@]2(C)[C@H]1CC[C@]2(O)C(=O)CO.O=[PH](O)O[PH](=O)O.[As]. The molecule has 0 bridgehead atoms. The number of unbranched alkanes of at least 4 members (excludes halogenated alkanes) is 1. The van der Waals surface area contributed by atoms with E-state index in [0.29, 0.717) is 32.1 Å². The number of likely N-dealkylation sites (N-methyl/N-ethyl adjacent to an activating group) is 1. The number of aliphatic hydroxyl groups excluding tert-OH is 4. The molecule has 30 nitrogen and oxygen atoms in total. The Kier molecular flexibility index (Phi) is 34.6. The molecule has 0 amide bonds. The molecule has 0 aromatic rings. The number of nitrogens with zero attached hydrogens (tertiary/aromatic N) is 1. The minimum Gasteiger partial charge on any atom is -0.459 e.